The van der Waals surface area contributed by atoms with Crippen molar-refractivity contribution < 1.29 is 14.1 Å². The molecule has 3 aromatic rings. The Hall–Kier alpha value is -2.84. The summed E-state index contributed by atoms with van der Waals surface area (Å²) >= 11 is 1.76. The van der Waals surface area contributed by atoms with Gasteiger partial charge in [0.1, 0.15) is 12.4 Å². The number of hydrogen-bond acceptors (Lipinski definition) is 7. The van der Waals surface area contributed by atoms with Gasteiger partial charge in [-0.05, 0) is 49.6 Å². The molecular weight excluding hydrogens is 412 g/mol. The van der Waals surface area contributed by atoms with Gasteiger partial charge in [-0.25, -0.2) is 0 Å². The standard InChI is InChI=1S/C23H28N4O3S/c1-4-31-17(2)23-25-22(30-26-23)15-27(3)14-21(28)24-19-10-12-20(13-11-19)29-16-18-8-6-5-7-9-18/h5-13,17H,4,14-16H2,1-3H3,(H,24,28)/t17-/m1/s1. The van der Waals surface area contributed by atoms with E-state index in [1.54, 1.807) is 11.8 Å². The van der Waals surface area contributed by atoms with Gasteiger partial charge in [0.2, 0.25) is 11.8 Å². The van der Waals surface area contributed by atoms with Crippen LogP contribution in [-0.2, 0) is 17.9 Å². The minimum atomic E-state index is -0.116. The van der Waals surface area contributed by atoms with Crippen molar-refractivity contribution >= 4 is 23.4 Å². The van der Waals surface area contributed by atoms with Gasteiger partial charge in [0, 0.05) is 5.69 Å². The number of hydrogen-bond donors (Lipinski definition) is 1. The lowest BCUT2D eigenvalue weighted by Gasteiger charge is -2.14. The van der Waals surface area contributed by atoms with E-state index in [0.717, 1.165) is 22.8 Å². The van der Waals surface area contributed by atoms with Crippen LogP contribution in [0.25, 0.3) is 0 Å². The highest BCUT2D eigenvalue weighted by Gasteiger charge is 2.16. The molecule has 1 aromatic heterocycles. The maximum absolute atomic E-state index is 12.4. The van der Waals surface area contributed by atoms with Crippen molar-refractivity contribution in [1.29, 1.82) is 0 Å². The van der Waals surface area contributed by atoms with E-state index in [2.05, 4.69) is 29.3 Å². The Labute approximate surface area is 187 Å². The molecule has 1 heterocycles. The number of nitrogens with zero attached hydrogens (tertiary/aromatic N) is 3. The largest absolute Gasteiger partial charge is 0.489 e. The molecule has 1 amide bonds. The molecule has 0 aliphatic heterocycles. The predicted octanol–water partition coefficient (Wildman–Crippen LogP) is 4.53. The van der Waals surface area contributed by atoms with Crippen LogP contribution in [0.2, 0.25) is 0 Å². The van der Waals surface area contributed by atoms with Crippen LogP contribution >= 0.6 is 11.8 Å². The number of rotatable bonds is 11. The number of amides is 1. The van der Waals surface area contributed by atoms with Crippen LogP contribution < -0.4 is 10.1 Å². The van der Waals surface area contributed by atoms with E-state index in [4.69, 9.17) is 9.26 Å². The van der Waals surface area contributed by atoms with E-state index in [1.807, 2.05) is 66.5 Å². The summed E-state index contributed by atoms with van der Waals surface area (Å²) in [5.41, 5.74) is 1.82. The highest BCUT2D eigenvalue weighted by Crippen LogP contribution is 2.25. The monoisotopic (exact) mass is 440 g/mol. The number of carbonyl (C=O) groups is 1. The zero-order valence-corrected chi connectivity index (χ0v) is 18.9. The van der Waals surface area contributed by atoms with E-state index in [1.165, 1.54) is 0 Å². The van der Waals surface area contributed by atoms with Gasteiger partial charge >= 0.3 is 0 Å². The fraction of sp³-hybridized carbons (Fsp3) is 0.348. The fourth-order valence-electron chi connectivity index (χ4n) is 2.93. The van der Waals surface area contributed by atoms with Crippen LogP contribution in [0.3, 0.4) is 0 Å². The van der Waals surface area contributed by atoms with Crippen molar-refractivity contribution in [2.45, 2.75) is 32.2 Å². The summed E-state index contributed by atoms with van der Waals surface area (Å²) in [6.07, 6.45) is 0. The topological polar surface area (TPSA) is 80.5 Å². The highest BCUT2D eigenvalue weighted by atomic mass is 32.2. The number of thioether (sulfide) groups is 1. The van der Waals surface area contributed by atoms with Crippen molar-refractivity contribution in [3.63, 3.8) is 0 Å². The van der Waals surface area contributed by atoms with E-state index in [9.17, 15) is 4.79 Å². The Morgan fingerprint density at radius 3 is 2.65 bits per heavy atom. The quantitative estimate of drug-likeness (QED) is 0.469. The molecule has 164 valence electrons. The van der Waals surface area contributed by atoms with Gasteiger partial charge in [0.25, 0.3) is 0 Å². The molecule has 0 saturated heterocycles. The first-order chi connectivity index (χ1) is 15.0. The number of aromatic nitrogens is 2. The molecule has 0 saturated carbocycles. The molecular formula is C23H28N4O3S. The van der Waals surface area contributed by atoms with E-state index >= 15 is 0 Å². The van der Waals surface area contributed by atoms with Crippen LogP contribution in [0, 0.1) is 0 Å². The zero-order chi connectivity index (χ0) is 22.1. The summed E-state index contributed by atoms with van der Waals surface area (Å²) in [6, 6.07) is 17.3. The third-order valence-electron chi connectivity index (χ3n) is 4.47. The molecule has 0 bridgehead atoms. The lowest BCUT2D eigenvalue weighted by atomic mass is 10.2. The van der Waals surface area contributed by atoms with E-state index in [-0.39, 0.29) is 17.7 Å². The van der Waals surface area contributed by atoms with Gasteiger partial charge in [0.15, 0.2) is 5.82 Å². The average Bonchev–Trinajstić information content (AvgIpc) is 3.22. The van der Waals surface area contributed by atoms with Gasteiger partial charge in [-0.15, -0.1) is 0 Å². The SMILES string of the molecule is CCS[C@H](C)c1noc(CN(C)CC(=O)Nc2ccc(OCc3ccccc3)cc2)n1. The van der Waals surface area contributed by atoms with Crippen LogP contribution in [0.15, 0.2) is 59.1 Å². The molecule has 1 N–H and O–H groups in total. The Kier molecular flexibility index (Phi) is 8.49. The lowest BCUT2D eigenvalue weighted by molar-refractivity contribution is -0.117. The smallest absolute Gasteiger partial charge is 0.240 e. The van der Waals surface area contributed by atoms with Gasteiger partial charge < -0.3 is 14.6 Å². The predicted molar refractivity (Wildman–Crippen MR) is 123 cm³/mol. The average molecular weight is 441 g/mol. The van der Waals surface area contributed by atoms with Crippen LogP contribution in [0.1, 0.15) is 36.4 Å². The van der Waals surface area contributed by atoms with Gasteiger partial charge in [-0.3, -0.25) is 9.69 Å². The van der Waals surface area contributed by atoms with Crippen molar-refractivity contribution in [3.05, 3.63) is 71.9 Å². The molecule has 3 rings (SSSR count). The number of likely N-dealkylation sites (N-methyl/N-ethyl adjacent to an activating group) is 1. The summed E-state index contributed by atoms with van der Waals surface area (Å²) in [4.78, 5) is 18.6. The Morgan fingerprint density at radius 2 is 1.94 bits per heavy atom. The molecule has 31 heavy (non-hydrogen) atoms. The first-order valence-corrected chi connectivity index (χ1v) is 11.3. The Balaban J connectivity index is 1.43. The second kappa shape index (κ2) is 11.5. The summed E-state index contributed by atoms with van der Waals surface area (Å²) < 4.78 is 11.1. The van der Waals surface area contributed by atoms with Crippen molar-refractivity contribution in [2.24, 2.45) is 0 Å². The second-order valence-electron chi connectivity index (χ2n) is 7.16. The third-order valence-corrected chi connectivity index (χ3v) is 5.51. The minimum absolute atomic E-state index is 0.116. The van der Waals surface area contributed by atoms with Gasteiger partial charge in [-0.1, -0.05) is 42.4 Å². The van der Waals surface area contributed by atoms with Crippen molar-refractivity contribution in [2.75, 3.05) is 24.7 Å². The second-order valence-corrected chi connectivity index (χ2v) is 8.78. The molecule has 2 aromatic carbocycles. The molecule has 8 heteroatoms. The Morgan fingerprint density at radius 1 is 1.19 bits per heavy atom. The first-order valence-electron chi connectivity index (χ1n) is 10.2. The molecule has 7 nitrogen and oxygen atoms in total. The Bertz CT molecular complexity index is 947. The molecule has 1 atom stereocenters. The van der Waals surface area contributed by atoms with Crippen LogP contribution in [0.5, 0.6) is 5.75 Å². The van der Waals surface area contributed by atoms with Crippen molar-refractivity contribution in [1.82, 2.24) is 15.0 Å². The maximum atomic E-state index is 12.4. The zero-order valence-electron chi connectivity index (χ0n) is 18.1. The van der Waals surface area contributed by atoms with Crippen LogP contribution in [0.4, 0.5) is 5.69 Å². The number of ether oxygens (including phenoxy) is 1. The van der Waals surface area contributed by atoms with E-state index < -0.39 is 0 Å². The molecule has 0 aliphatic rings. The lowest BCUT2D eigenvalue weighted by Crippen LogP contribution is -2.29. The van der Waals surface area contributed by atoms with Gasteiger partial charge in [0.05, 0.1) is 18.3 Å². The summed E-state index contributed by atoms with van der Waals surface area (Å²) in [5.74, 6) is 2.82. The van der Waals surface area contributed by atoms with Crippen LogP contribution in [-0.4, -0.2) is 40.3 Å². The third kappa shape index (κ3) is 7.41. The molecule has 0 unspecified atom stereocenters. The minimum Gasteiger partial charge on any atom is -0.489 e. The molecule has 0 aliphatic carbocycles. The molecule has 0 spiro atoms. The summed E-state index contributed by atoms with van der Waals surface area (Å²) in [7, 11) is 1.84. The van der Waals surface area contributed by atoms with E-state index in [0.29, 0.717) is 24.9 Å². The van der Waals surface area contributed by atoms with Crippen molar-refractivity contribution in [3.8, 4) is 5.75 Å². The first kappa shape index (κ1) is 22.8. The fourth-order valence-corrected chi connectivity index (χ4v) is 3.67. The number of benzene rings is 2. The maximum Gasteiger partial charge on any atom is 0.240 e. The molecule has 0 fully saturated rings. The summed E-state index contributed by atoms with van der Waals surface area (Å²) in [5, 5.41) is 7.12. The normalized spacial score (nSPS) is 12.0. The molecule has 0 radical (unpaired) electrons. The number of carbonyl (C=O) groups excluding carboxylic acids is 1. The highest BCUT2D eigenvalue weighted by molar-refractivity contribution is 7.99. The summed E-state index contributed by atoms with van der Waals surface area (Å²) in [6.45, 7) is 5.28. The number of anilines is 1. The number of nitrogens with one attached hydrogen (secondary N) is 1. The van der Waals surface area contributed by atoms with Gasteiger partial charge in [-0.2, -0.15) is 16.7 Å².